The third-order valence-electron chi connectivity index (χ3n) is 14.6. The SMILES string of the molecule is CCC(C)[C@@H](C(CC(=O)N1CCC[C@H]1[C@H](OC)[C@@H](C)C(=O)C[C@@H](Cc1ccccc1)C(=O)OC)OC)N(C)C(=O)[C@@H](CC(=O)[C@H](C(C)C)N(C)C(=O)CCOCCCC(=O)C#CC(=O)CCCOCCC(=O)O)C(C)C. The van der Waals surface area contributed by atoms with Crippen LogP contribution in [-0.4, -0.2) is 171 Å². The van der Waals surface area contributed by atoms with E-state index in [1.165, 1.54) is 26.2 Å². The summed E-state index contributed by atoms with van der Waals surface area (Å²) in [6, 6.07) is 7.65. The minimum atomic E-state index is -0.970. The molecule has 1 aliphatic rings. The van der Waals surface area contributed by atoms with Gasteiger partial charge < -0.3 is 43.5 Å². The topological polar surface area (TPSA) is 230 Å². The van der Waals surface area contributed by atoms with Crippen LogP contribution >= 0.6 is 0 Å². The molecule has 1 aromatic rings. The molecular formula is C58H89N3O15. The zero-order chi connectivity index (χ0) is 57.1. The summed E-state index contributed by atoms with van der Waals surface area (Å²) in [4.78, 5) is 123. The van der Waals surface area contributed by atoms with Gasteiger partial charge in [-0.2, -0.15) is 0 Å². The van der Waals surface area contributed by atoms with Gasteiger partial charge in [-0.25, -0.2) is 0 Å². The number of hydrogen-bond donors (Lipinski definition) is 1. The number of carbonyl (C=O) groups excluding carboxylic acids is 8. The second-order valence-corrected chi connectivity index (χ2v) is 20.8. The van der Waals surface area contributed by atoms with Crippen LogP contribution in [0, 0.1) is 47.3 Å². The molecule has 18 heteroatoms. The van der Waals surface area contributed by atoms with Gasteiger partial charge in [0.25, 0.3) is 0 Å². The van der Waals surface area contributed by atoms with E-state index in [2.05, 4.69) is 11.8 Å². The third-order valence-corrected chi connectivity index (χ3v) is 14.6. The van der Waals surface area contributed by atoms with Crippen molar-refractivity contribution >= 4 is 52.8 Å². The molecule has 1 aliphatic heterocycles. The highest BCUT2D eigenvalue weighted by Crippen LogP contribution is 2.32. The Morgan fingerprint density at radius 3 is 1.83 bits per heavy atom. The monoisotopic (exact) mass is 1070 g/mol. The van der Waals surface area contributed by atoms with Gasteiger partial charge in [0.1, 0.15) is 5.78 Å². The molecule has 1 N–H and O–H groups in total. The first-order chi connectivity index (χ1) is 36.0. The highest BCUT2D eigenvalue weighted by atomic mass is 16.5. The number of ketones is 4. The number of aliphatic carboxylic acids is 1. The van der Waals surface area contributed by atoms with Crippen molar-refractivity contribution in [2.45, 2.75) is 162 Å². The predicted octanol–water partition coefficient (Wildman–Crippen LogP) is 6.21. The maximum atomic E-state index is 14.7. The van der Waals surface area contributed by atoms with Crippen molar-refractivity contribution in [1.82, 2.24) is 14.7 Å². The molecule has 9 atom stereocenters. The molecule has 18 nitrogen and oxygen atoms in total. The van der Waals surface area contributed by atoms with Gasteiger partial charge in [-0.3, -0.25) is 43.2 Å². The van der Waals surface area contributed by atoms with Gasteiger partial charge in [0.2, 0.25) is 29.3 Å². The van der Waals surface area contributed by atoms with E-state index in [0.29, 0.717) is 45.1 Å². The lowest BCUT2D eigenvalue weighted by Gasteiger charge is -2.41. The average molecular weight is 1070 g/mol. The number of Topliss-reactive ketones (excluding diaryl/α,β-unsaturated/α-hetero) is 4. The number of ether oxygens (including phenoxy) is 5. The first-order valence-corrected chi connectivity index (χ1v) is 27.0. The number of carbonyl (C=O) groups is 9. The van der Waals surface area contributed by atoms with Gasteiger partial charge >= 0.3 is 11.9 Å². The second-order valence-electron chi connectivity index (χ2n) is 20.8. The van der Waals surface area contributed by atoms with E-state index < -0.39 is 71.6 Å². The van der Waals surface area contributed by atoms with Crippen LogP contribution < -0.4 is 0 Å². The molecule has 2 rings (SSSR count). The molecule has 426 valence electrons. The van der Waals surface area contributed by atoms with Gasteiger partial charge in [-0.05, 0) is 67.3 Å². The molecule has 0 saturated carbocycles. The van der Waals surface area contributed by atoms with E-state index in [0.717, 1.165) is 5.56 Å². The lowest BCUT2D eigenvalue weighted by atomic mass is 9.83. The minimum absolute atomic E-state index is 0.0215. The van der Waals surface area contributed by atoms with Crippen LogP contribution in [0.1, 0.15) is 131 Å². The van der Waals surface area contributed by atoms with Crippen LogP contribution in [0.5, 0.6) is 0 Å². The van der Waals surface area contributed by atoms with Crippen molar-refractivity contribution in [3.63, 3.8) is 0 Å². The van der Waals surface area contributed by atoms with Crippen LogP contribution in [0.4, 0.5) is 0 Å². The number of esters is 1. The number of likely N-dealkylation sites (N-methyl/N-ethyl adjacent to an activating group) is 2. The second kappa shape index (κ2) is 35.1. The Morgan fingerprint density at radius 1 is 0.724 bits per heavy atom. The Kier molecular flexibility index (Phi) is 30.9. The molecule has 76 heavy (non-hydrogen) atoms. The van der Waals surface area contributed by atoms with E-state index in [1.54, 1.807) is 30.8 Å². The van der Waals surface area contributed by atoms with Crippen LogP contribution in [0.15, 0.2) is 30.3 Å². The van der Waals surface area contributed by atoms with Gasteiger partial charge in [0, 0.05) is 85.6 Å². The number of rotatable bonds is 37. The molecular weight excluding hydrogens is 979 g/mol. The lowest BCUT2D eigenvalue weighted by Crippen LogP contribution is -2.54. The number of amides is 3. The smallest absolute Gasteiger partial charge is 0.309 e. The lowest BCUT2D eigenvalue weighted by molar-refractivity contribution is -0.150. The predicted molar refractivity (Wildman–Crippen MR) is 286 cm³/mol. The van der Waals surface area contributed by atoms with Crippen LogP contribution in [0.3, 0.4) is 0 Å². The van der Waals surface area contributed by atoms with E-state index in [-0.39, 0.29) is 118 Å². The number of carboxylic acids is 1. The normalized spacial score (nSPS) is 16.6. The van der Waals surface area contributed by atoms with Gasteiger partial charge in [0.15, 0.2) is 5.78 Å². The molecule has 0 spiro atoms. The van der Waals surface area contributed by atoms with Gasteiger partial charge in [-0.1, -0.05) is 85.2 Å². The molecule has 3 amide bonds. The summed E-state index contributed by atoms with van der Waals surface area (Å²) in [6.07, 6.45) is 1.42. The highest BCUT2D eigenvalue weighted by molar-refractivity contribution is 6.04. The summed E-state index contributed by atoms with van der Waals surface area (Å²) < 4.78 is 27.9. The summed E-state index contributed by atoms with van der Waals surface area (Å²) in [5.74, 6) is -1.58. The van der Waals surface area contributed by atoms with Crippen molar-refractivity contribution in [1.29, 1.82) is 0 Å². The van der Waals surface area contributed by atoms with E-state index >= 15 is 0 Å². The molecule has 1 aromatic carbocycles. The third kappa shape index (κ3) is 21.9. The Balaban J connectivity index is 2.09. The maximum Gasteiger partial charge on any atom is 0.309 e. The van der Waals surface area contributed by atoms with Gasteiger partial charge in [-0.15, -0.1) is 0 Å². The van der Waals surface area contributed by atoms with E-state index in [4.69, 9.17) is 28.8 Å². The Hall–Kier alpha value is -5.35. The fraction of sp³-hybridized carbons (Fsp3) is 0.707. The zero-order valence-electron chi connectivity index (χ0n) is 47.5. The number of hydrogen-bond acceptors (Lipinski definition) is 14. The minimum Gasteiger partial charge on any atom is -0.481 e. The molecule has 2 unspecified atom stereocenters. The van der Waals surface area contributed by atoms with Crippen molar-refractivity contribution in [3.05, 3.63) is 35.9 Å². The van der Waals surface area contributed by atoms with Crippen LogP contribution in [0.25, 0.3) is 0 Å². The Morgan fingerprint density at radius 2 is 1.32 bits per heavy atom. The van der Waals surface area contributed by atoms with Crippen molar-refractivity contribution in [3.8, 4) is 11.8 Å². The number of likely N-dealkylation sites (tertiary alicyclic amines) is 1. The van der Waals surface area contributed by atoms with E-state index in [1.807, 2.05) is 71.9 Å². The number of carboxylic acid groups (broad SMARTS) is 1. The molecule has 0 aliphatic carbocycles. The molecule has 1 heterocycles. The quantitative estimate of drug-likeness (QED) is 0.0338. The van der Waals surface area contributed by atoms with Crippen molar-refractivity contribution < 1.29 is 71.9 Å². The van der Waals surface area contributed by atoms with Gasteiger partial charge in [0.05, 0.1) is 75.8 Å². The summed E-state index contributed by atoms with van der Waals surface area (Å²) in [7, 11) is 7.62. The zero-order valence-corrected chi connectivity index (χ0v) is 47.5. The fourth-order valence-electron chi connectivity index (χ4n) is 10.1. The summed E-state index contributed by atoms with van der Waals surface area (Å²) >= 11 is 0. The molecule has 1 saturated heterocycles. The average Bonchev–Trinajstić information content (AvgIpc) is 3.88. The fourth-order valence-corrected chi connectivity index (χ4v) is 10.1. The summed E-state index contributed by atoms with van der Waals surface area (Å²) in [5, 5.41) is 8.63. The molecule has 1 fully saturated rings. The molecule has 0 bridgehead atoms. The van der Waals surface area contributed by atoms with E-state index in [9.17, 15) is 43.2 Å². The maximum absolute atomic E-state index is 14.7. The summed E-state index contributed by atoms with van der Waals surface area (Å²) in [6.45, 7) is 14.2. The van der Waals surface area contributed by atoms with Crippen LogP contribution in [-0.2, 0) is 73.3 Å². The molecule has 0 aromatic heterocycles. The number of nitrogens with zero attached hydrogens (tertiary/aromatic N) is 3. The van der Waals surface area contributed by atoms with Crippen LogP contribution in [0.2, 0.25) is 0 Å². The van der Waals surface area contributed by atoms with Crippen molar-refractivity contribution in [2.75, 3.05) is 68.4 Å². The summed E-state index contributed by atoms with van der Waals surface area (Å²) in [5.41, 5.74) is 0.909. The van der Waals surface area contributed by atoms with Crippen molar-refractivity contribution in [2.24, 2.45) is 35.5 Å². The first kappa shape index (κ1) is 66.8. The largest absolute Gasteiger partial charge is 0.481 e. The standard InChI is InChI=1S/C58H89N3O15/c1-13-40(6)55(50(72-10)37-52(67)61-29-17-24-47(61)56(73-11)41(7)48(64)35-43(58(71)74-12)34-42-20-15-14-16-21-42)60(9)57(70)46(38(2)3)36-49(65)54(39(4)5)59(8)51(66)27-32-75-30-18-22-44(62)25-26-45(63)23-19-31-76-33-28-53(68)69/h14-16,20-21,38-41,43,46-47,50,54-56H,13,17-19,22-24,27-37H2,1-12H3,(H,68,69)/t40?,41-,43+,46-,47-,50?,54-,55-,56+/m0/s1. The number of methoxy groups -OCH3 is 3. The highest BCUT2D eigenvalue weighted by Gasteiger charge is 2.44. The molecule has 0 radical (unpaired) electrons. The first-order valence-electron chi connectivity index (χ1n) is 27.0. The Bertz CT molecular complexity index is 2100. The Labute approximate surface area is 451 Å². The number of benzene rings is 1.